The van der Waals surface area contributed by atoms with Gasteiger partial charge in [-0.25, -0.2) is 0 Å². The molecule has 1 unspecified atom stereocenters. The van der Waals surface area contributed by atoms with Gasteiger partial charge < -0.3 is 14.5 Å². The first kappa shape index (κ1) is 16.3. The van der Waals surface area contributed by atoms with Crippen molar-refractivity contribution in [2.45, 2.75) is 25.6 Å². The number of ether oxygens (including phenoxy) is 2. The number of aromatic amines is 1. The van der Waals surface area contributed by atoms with E-state index >= 15 is 0 Å². The average Bonchev–Trinajstić information content (AvgIpc) is 3.02. The molecule has 0 spiro atoms. The minimum Gasteiger partial charge on any atom is -0.422 e. The predicted octanol–water partition coefficient (Wildman–Crippen LogP) is 3.15. The van der Waals surface area contributed by atoms with Crippen molar-refractivity contribution < 1.29 is 19.1 Å². The van der Waals surface area contributed by atoms with E-state index in [1.54, 1.807) is 32.3 Å². The van der Waals surface area contributed by atoms with Crippen LogP contribution in [0.2, 0.25) is 0 Å². The van der Waals surface area contributed by atoms with Gasteiger partial charge in [0.2, 0.25) is 0 Å². The maximum absolute atomic E-state index is 12.7. The summed E-state index contributed by atoms with van der Waals surface area (Å²) in [6.45, 7) is 3.09. The lowest BCUT2D eigenvalue weighted by Crippen LogP contribution is -2.48. The maximum atomic E-state index is 12.7. The Kier molecular flexibility index (Phi) is 3.76. The first-order chi connectivity index (χ1) is 12.5. The molecule has 6 nitrogen and oxygen atoms in total. The van der Waals surface area contributed by atoms with Crippen molar-refractivity contribution in [1.82, 2.24) is 9.97 Å². The third-order valence-electron chi connectivity index (χ3n) is 4.53. The van der Waals surface area contributed by atoms with Crippen molar-refractivity contribution in [2.24, 2.45) is 5.92 Å². The molecular weight excluding hydrogens is 332 g/mol. The molecule has 4 rings (SSSR count). The highest BCUT2D eigenvalue weighted by Gasteiger charge is 2.48. The number of esters is 2. The second-order valence-corrected chi connectivity index (χ2v) is 6.77. The lowest BCUT2D eigenvalue weighted by Gasteiger charge is -2.35. The van der Waals surface area contributed by atoms with Gasteiger partial charge in [-0.2, -0.15) is 0 Å². The van der Waals surface area contributed by atoms with E-state index in [1.807, 2.05) is 36.5 Å². The Balaban J connectivity index is 1.88. The first-order valence-electron chi connectivity index (χ1n) is 8.38. The lowest BCUT2D eigenvalue weighted by atomic mass is 9.80. The second kappa shape index (κ2) is 5.98. The molecule has 132 valence electrons. The van der Waals surface area contributed by atoms with Gasteiger partial charge in [0.25, 0.3) is 5.79 Å². The van der Waals surface area contributed by atoms with Crippen molar-refractivity contribution >= 4 is 22.8 Å². The molecule has 0 bridgehead atoms. The summed E-state index contributed by atoms with van der Waals surface area (Å²) >= 11 is 0. The number of H-pyrrole nitrogens is 1. The number of para-hydroxylation sites is 1. The molecule has 0 amide bonds. The summed E-state index contributed by atoms with van der Waals surface area (Å²) in [5, 5.41) is 0.937. The van der Waals surface area contributed by atoms with Gasteiger partial charge in [0.15, 0.2) is 5.92 Å². The summed E-state index contributed by atoms with van der Waals surface area (Å²) in [4.78, 5) is 32.8. The number of nitrogens with one attached hydrogen (secondary N) is 1. The number of rotatable bonds is 3. The molecule has 1 fully saturated rings. The van der Waals surface area contributed by atoms with Crippen molar-refractivity contribution in [3.05, 3.63) is 66.1 Å². The highest BCUT2D eigenvalue weighted by molar-refractivity contribution is 5.99. The van der Waals surface area contributed by atoms with Crippen LogP contribution in [0.15, 0.2) is 55.0 Å². The zero-order chi connectivity index (χ0) is 18.3. The van der Waals surface area contributed by atoms with Gasteiger partial charge in [-0.15, -0.1) is 0 Å². The van der Waals surface area contributed by atoms with Crippen LogP contribution in [0.25, 0.3) is 10.9 Å². The molecule has 3 aromatic rings. The van der Waals surface area contributed by atoms with Crippen LogP contribution in [0.3, 0.4) is 0 Å². The van der Waals surface area contributed by atoms with Crippen LogP contribution in [-0.4, -0.2) is 27.7 Å². The highest BCUT2D eigenvalue weighted by Crippen LogP contribution is 2.40. The summed E-state index contributed by atoms with van der Waals surface area (Å²) < 4.78 is 10.7. The minimum absolute atomic E-state index is 0.559. The summed E-state index contributed by atoms with van der Waals surface area (Å²) in [6, 6.07) is 11.4. The minimum atomic E-state index is -1.26. The molecule has 1 aliphatic heterocycles. The van der Waals surface area contributed by atoms with E-state index in [4.69, 9.17) is 9.47 Å². The Hall–Kier alpha value is -3.15. The molecule has 1 aliphatic rings. The second-order valence-electron chi connectivity index (χ2n) is 6.77. The summed E-state index contributed by atoms with van der Waals surface area (Å²) in [5.74, 6) is -4.09. The van der Waals surface area contributed by atoms with E-state index in [1.165, 1.54) is 0 Å². The number of carbonyl (C=O) groups is 2. The van der Waals surface area contributed by atoms with E-state index in [2.05, 4.69) is 9.97 Å². The van der Waals surface area contributed by atoms with Crippen LogP contribution < -0.4 is 0 Å². The van der Waals surface area contributed by atoms with Crippen LogP contribution >= 0.6 is 0 Å². The van der Waals surface area contributed by atoms with Gasteiger partial charge in [-0.3, -0.25) is 14.6 Å². The predicted molar refractivity (Wildman–Crippen MR) is 94.1 cm³/mol. The molecule has 6 heteroatoms. The third kappa shape index (κ3) is 2.73. The standard InChI is InChI=1S/C20H18N2O4/c1-20(2)25-18(23)17(19(24)26-20)16(12-6-5-9-21-10-12)14-11-22-15-8-4-3-7-13(14)15/h3-11,16-17,22H,1-2H3. The fourth-order valence-corrected chi connectivity index (χ4v) is 3.46. The zero-order valence-electron chi connectivity index (χ0n) is 14.4. The fourth-order valence-electron chi connectivity index (χ4n) is 3.46. The molecule has 1 N–H and O–H groups in total. The first-order valence-corrected chi connectivity index (χ1v) is 8.38. The molecule has 1 aromatic carbocycles. The monoisotopic (exact) mass is 350 g/mol. The molecule has 0 aliphatic carbocycles. The number of pyridine rings is 1. The number of carbonyl (C=O) groups excluding carboxylic acids is 2. The Morgan fingerprint density at radius 1 is 1.08 bits per heavy atom. The van der Waals surface area contributed by atoms with Crippen LogP contribution in [0.1, 0.15) is 30.9 Å². The number of fused-ring (bicyclic) bond motifs is 1. The molecule has 1 atom stereocenters. The zero-order valence-corrected chi connectivity index (χ0v) is 14.4. The molecule has 3 heterocycles. The van der Waals surface area contributed by atoms with Crippen molar-refractivity contribution in [2.75, 3.05) is 0 Å². The van der Waals surface area contributed by atoms with Gasteiger partial charge in [-0.05, 0) is 23.3 Å². The topological polar surface area (TPSA) is 81.3 Å². The molecule has 1 saturated heterocycles. The quantitative estimate of drug-likeness (QED) is 0.580. The Labute approximate surface area is 150 Å². The number of benzene rings is 1. The number of hydrogen-bond acceptors (Lipinski definition) is 5. The van der Waals surface area contributed by atoms with E-state index in [0.29, 0.717) is 0 Å². The molecule has 26 heavy (non-hydrogen) atoms. The van der Waals surface area contributed by atoms with Crippen molar-refractivity contribution in [3.63, 3.8) is 0 Å². The third-order valence-corrected chi connectivity index (χ3v) is 4.53. The summed E-state index contributed by atoms with van der Waals surface area (Å²) in [6.07, 6.45) is 5.13. The van der Waals surface area contributed by atoms with E-state index < -0.39 is 29.6 Å². The van der Waals surface area contributed by atoms with E-state index in [9.17, 15) is 9.59 Å². The van der Waals surface area contributed by atoms with Gasteiger partial charge in [-0.1, -0.05) is 24.3 Å². The molecule has 0 saturated carbocycles. The van der Waals surface area contributed by atoms with Gasteiger partial charge in [0, 0.05) is 49.3 Å². The fraction of sp³-hybridized carbons (Fsp3) is 0.250. The molecular formula is C20H18N2O4. The number of aromatic nitrogens is 2. The number of nitrogens with zero attached hydrogens (tertiary/aromatic N) is 1. The van der Waals surface area contributed by atoms with E-state index in [-0.39, 0.29) is 0 Å². The van der Waals surface area contributed by atoms with Crippen molar-refractivity contribution in [3.8, 4) is 0 Å². The van der Waals surface area contributed by atoms with E-state index in [0.717, 1.165) is 22.0 Å². The van der Waals surface area contributed by atoms with Gasteiger partial charge >= 0.3 is 11.9 Å². The lowest BCUT2D eigenvalue weighted by molar-refractivity contribution is -0.240. The smallest absolute Gasteiger partial charge is 0.324 e. The Morgan fingerprint density at radius 3 is 2.50 bits per heavy atom. The Morgan fingerprint density at radius 2 is 1.81 bits per heavy atom. The maximum Gasteiger partial charge on any atom is 0.324 e. The highest BCUT2D eigenvalue weighted by atomic mass is 16.7. The molecule has 0 radical (unpaired) electrons. The van der Waals surface area contributed by atoms with Crippen LogP contribution in [-0.2, 0) is 19.1 Å². The largest absolute Gasteiger partial charge is 0.422 e. The SMILES string of the molecule is CC1(C)OC(=O)C(C(c2cccnc2)c2c[nH]c3ccccc23)C(=O)O1. The summed E-state index contributed by atoms with van der Waals surface area (Å²) in [7, 11) is 0. The van der Waals surface area contributed by atoms with Gasteiger partial charge in [0.1, 0.15) is 0 Å². The van der Waals surface area contributed by atoms with Crippen LogP contribution in [0.4, 0.5) is 0 Å². The molecule has 2 aromatic heterocycles. The van der Waals surface area contributed by atoms with Gasteiger partial charge in [0.05, 0.1) is 0 Å². The van der Waals surface area contributed by atoms with Crippen LogP contribution in [0, 0.1) is 5.92 Å². The average molecular weight is 350 g/mol. The summed E-state index contributed by atoms with van der Waals surface area (Å²) in [5.41, 5.74) is 2.50. The number of cyclic esters (lactones) is 2. The Bertz CT molecular complexity index is 958. The normalized spacial score (nSPS) is 18.4. The van der Waals surface area contributed by atoms with Crippen LogP contribution in [0.5, 0.6) is 0 Å². The van der Waals surface area contributed by atoms with Crippen molar-refractivity contribution in [1.29, 1.82) is 0 Å². The number of hydrogen-bond donors (Lipinski definition) is 1.